The molecular formula is C9H16N2O. The fourth-order valence-electron chi connectivity index (χ4n) is 0.887. The summed E-state index contributed by atoms with van der Waals surface area (Å²) in [6.45, 7) is 4.81. The molecule has 0 aliphatic heterocycles. The molecule has 0 amide bonds. The van der Waals surface area contributed by atoms with Crippen LogP contribution in [0, 0.1) is 0 Å². The molecule has 1 aromatic rings. The summed E-state index contributed by atoms with van der Waals surface area (Å²) in [5.74, 6) is 0. The van der Waals surface area contributed by atoms with Crippen molar-refractivity contribution in [3.8, 4) is 0 Å². The van der Waals surface area contributed by atoms with E-state index in [4.69, 9.17) is 4.74 Å². The van der Waals surface area contributed by atoms with Crippen LogP contribution in [0.3, 0.4) is 0 Å². The Kier molecular flexibility index (Phi) is 3.29. The molecule has 0 saturated carbocycles. The third-order valence-corrected chi connectivity index (χ3v) is 1.85. The molecule has 0 saturated heterocycles. The predicted molar refractivity (Wildman–Crippen MR) is 47.8 cm³/mol. The van der Waals surface area contributed by atoms with Crippen LogP contribution in [0.15, 0.2) is 12.5 Å². The zero-order valence-electron chi connectivity index (χ0n) is 7.95. The highest BCUT2D eigenvalue weighted by Crippen LogP contribution is 2.02. The van der Waals surface area contributed by atoms with E-state index in [1.807, 2.05) is 17.8 Å². The molecule has 0 N–H and O–H groups in total. The van der Waals surface area contributed by atoms with Crippen molar-refractivity contribution in [3.63, 3.8) is 0 Å². The normalized spacial score (nSPS) is 13.2. The van der Waals surface area contributed by atoms with Crippen molar-refractivity contribution < 1.29 is 4.74 Å². The Morgan fingerprint density at radius 3 is 2.92 bits per heavy atom. The number of aryl methyl sites for hydroxylation is 1. The third kappa shape index (κ3) is 2.66. The SMILES string of the molecule is CCC(C)OCc1cn(C)cn1. The fourth-order valence-corrected chi connectivity index (χ4v) is 0.887. The summed E-state index contributed by atoms with van der Waals surface area (Å²) in [5, 5.41) is 0. The first kappa shape index (κ1) is 9.26. The van der Waals surface area contributed by atoms with E-state index >= 15 is 0 Å². The fraction of sp³-hybridized carbons (Fsp3) is 0.667. The summed E-state index contributed by atoms with van der Waals surface area (Å²) in [6.07, 6.45) is 5.14. The van der Waals surface area contributed by atoms with Crippen LogP contribution < -0.4 is 0 Å². The first-order valence-electron chi connectivity index (χ1n) is 4.30. The molecule has 68 valence electrons. The predicted octanol–water partition coefficient (Wildman–Crippen LogP) is 1.74. The van der Waals surface area contributed by atoms with Crippen LogP contribution in [-0.4, -0.2) is 15.7 Å². The van der Waals surface area contributed by atoms with E-state index in [-0.39, 0.29) is 0 Å². The molecule has 0 aliphatic carbocycles. The second-order valence-corrected chi connectivity index (χ2v) is 3.06. The number of ether oxygens (including phenoxy) is 1. The van der Waals surface area contributed by atoms with Crippen LogP contribution in [0.2, 0.25) is 0 Å². The first-order chi connectivity index (χ1) is 5.72. The standard InChI is InChI=1S/C9H16N2O/c1-4-8(2)12-6-9-5-11(3)7-10-9/h5,7-8H,4,6H2,1-3H3. The van der Waals surface area contributed by atoms with Gasteiger partial charge in [-0.05, 0) is 13.3 Å². The molecule has 0 spiro atoms. The van der Waals surface area contributed by atoms with Gasteiger partial charge in [-0.2, -0.15) is 0 Å². The lowest BCUT2D eigenvalue weighted by molar-refractivity contribution is 0.0490. The van der Waals surface area contributed by atoms with Crippen LogP contribution >= 0.6 is 0 Å². The summed E-state index contributed by atoms with van der Waals surface area (Å²) in [5.41, 5.74) is 0.998. The van der Waals surface area contributed by atoms with Crippen molar-refractivity contribution in [1.29, 1.82) is 0 Å². The highest BCUT2D eigenvalue weighted by atomic mass is 16.5. The highest BCUT2D eigenvalue weighted by Gasteiger charge is 2.00. The van der Waals surface area contributed by atoms with Gasteiger partial charge in [0, 0.05) is 13.2 Å². The molecule has 0 radical (unpaired) electrons. The molecule has 3 nitrogen and oxygen atoms in total. The Hall–Kier alpha value is -0.830. The topological polar surface area (TPSA) is 27.1 Å². The van der Waals surface area contributed by atoms with E-state index in [0.717, 1.165) is 12.1 Å². The van der Waals surface area contributed by atoms with Crippen LogP contribution in [0.1, 0.15) is 26.0 Å². The lowest BCUT2D eigenvalue weighted by atomic mass is 10.3. The van der Waals surface area contributed by atoms with E-state index in [1.165, 1.54) is 0 Å². The second kappa shape index (κ2) is 4.26. The zero-order chi connectivity index (χ0) is 8.97. The monoisotopic (exact) mass is 168 g/mol. The molecule has 1 unspecified atom stereocenters. The minimum atomic E-state index is 0.326. The molecule has 3 heteroatoms. The van der Waals surface area contributed by atoms with Crippen LogP contribution in [0.4, 0.5) is 0 Å². The molecule has 1 rings (SSSR count). The van der Waals surface area contributed by atoms with Crippen LogP contribution in [0.25, 0.3) is 0 Å². The van der Waals surface area contributed by atoms with Gasteiger partial charge in [-0.25, -0.2) is 4.98 Å². The molecule has 0 fully saturated rings. The summed E-state index contributed by atoms with van der Waals surface area (Å²) in [4.78, 5) is 4.16. The van der Waals surface area contributed by atoms with Crippen LogP contribution in [-0.2, 0) is 18.4 Å². The van der Waals surface area contributed by atoms with Crippen molar-refractivity contribution in [2.45, 2.75) is 33.0 Å². The van der Waals surface area contributed by atoms with Gasteiger partial charge < -0.3 is 9.30 Å². The van der Waals surface area contributed by atoms with E-state index in [1.54, 1.807) is 6.33 Å². The van der Waals surface area contributed by atoms with E-state index in [0.29, 0.717) is 12.7 Å². The molecular weight excluding hydrogens is 152 g/mol. The Labute approximate surface area is 73.4 Å². The Morgan fingerprint density at radius 1 is 1.67 bits per heavy atom. The van der Waals surface area contributed by atoms with Gasteiger partial charge in [0.05, 0.1) is 24.7 Å². The molecule has 0 aromatic carbocycles. The van der Waals surface area contributed by atoms with Gasteiger partial charge in [-0.3, -0.25) is 0 Å². The van der Waals surface area contributed by atoms with Gasteiger partial charge in [-0.1, -0.05) is 6.92 Å². The zero-order valence-corrected chi connectivity index (χ0v) is 7.95. The van der Waals surface area contributed by atoms with Crippen molar-refractivity contribution in [1.82, 2.24) is 9.55 Å². The van der Waals surface area contributed by atoms with E-state index in [9.17, 15) is 0 Å². The molecule has 1 atom stereocenters. The number of nitrogens with zero attached hydrogens (tertiary/aromatic N) is 2. The van der Waals surface area contributed by atoms with Gasteiger partial charge in [0.1, 0.15) is 0 Å². The van der Waals surface area contributed by atoms with Crippen LogP contribution in [0.5, 0.6) is 0 Å². The molecule has 0 bridgehead atoms. The molecule has 12 heavy (non-hydrogen) atoms. The lowest BCUT2D eigenvalue weighted by Gasteiger charge is -2.07. The van der Waals surface area contributed by atoms with Crippen molar-refractivity contribution in [2.24, 2.45) is 7.05 Å². The largest absolute Gasteiger partial charge is 0.372 e. The Morgan fingerprint density at radius 2 is 2.42 bits per heavy atom. The third-order valence-electron chi connectivity index (χ3n) is 1.85. The molecule has 1 aromatic heterocycles. The summed E-state index contributed by atoms with van der Waals surface area (Å²) >= 11 is 0. The van der Waals surface area contributed by atoms with Gasteiger partial charge in [0.15, 0.2) is 0 Å². The van der Waals surface area contributed by atoms with Gasteiger partial charge >= 0.3 is 0 Å². The number of imidazole rings is 1. The second-order valence-electron chi connectivity index (χ2n) is 3.06. The van der Waals surface area contributed by atoms with Crippen molar-refractivity contribution in [3.05, 3.63) is 18.2 Å². The minimum Gasteiger partial charge on any atom is -0.372 e. The Balaban J connectivity index is 2.33. The minimum absolute atomic E-state index is 0.326. The number of hydrogen-bond acceptors (Lipinski definition) is 2. The molecule has 0 aliphatic rings. The Bertz CT molecular complexity index is 232. The van der Waals surface area contributed by atoms with Gasteiger partial charge in [-0.15, -0.1) is 0 Å². The highest BCUT2D eigenvalue weighted by molar-refractivity contribution is 4.93. The number of rotatable bonds is 4. The maximum atomic E-state index is 5.51. The maximum absolute atomic E-state index is 5.51. The number of hydrogen-bond donors (Lipinski definition) is 0. The summed E-state index contributed by atoms with van der Waals surface area (Å²) in [6, 6.07) is 0. The smallest absolute Gasteiger partial charge is 0.0947 e. The average molecular weight is 168 g/mol. The average Bonchev–Trinajstić information content (AvgIpc) is 2.47. The lowest BCUT2D eigenvalue weighted by Crippen LogP contribution is -2.06. The first-order valence-corrected chi connectivity index (χ1v) is 4.30. The van der Waals surface area contributed by atoms with Crippen molar-refractivity contribution >= 4 is 0 Å². The summed E-state index contributed by atoms with van der Waals surface area (Å²) in [7, 11) is 1.96. The molecule has 1 heterocycles. The quantitative estimate of drug-likeness (QED) is 0.684. The van der Waals surface area contributed by atoms with E-state index < -0.39 is 0 Å². The van der Waals surface area contributed by atoms with E-state index in [2.05, 4.69) is 18.8 Å². The summed E-state index contributed by atoms with van der Waals surface area (Å²) < 4.78 is 7.44. The maximum Gasteiger partial charge on any atom is 0.0947 e. The van der Waals surface area contributed by atoms with Gasteiger partial charge in [0.2, 0.25) is 0 Å². The number of aromatic nitrogens is 2. The van der Waals surface area contributed by atoms with Gasteiger partial charge in [0.25, 0.3) is 0 Å². The van der Waals surface area contributed by atoms with Crippen molar-refractivity contribution in [2.75, 3.05) is 0 Å².